The number of hydrogen-bond donors (Lipinski definition) is 2. The number of hydrogen-bond acceptors (Lipinski definition) is 2. The lowest BCUT2D eigenvalue weighted by atomic mass is 10.2. The van der Waals surface area contributed by atoms with E-state index in [0.29, 0.717) is 12.1 Å². The fourth-order valence-electron chi connectivity index (χ4n) is 2.54. The molecule has 1 aromatic heterocycles. The van der Waals surface area contributed by atoms with E-state index in [9.17, 15) is 4.79 Å². The Morgan fingerprint density at radius 2 is 1.91 bits per heavy atom. The highest BCUT2D eigenvalue weighted by Crippen LogP contribution is 2.23. The van der Waals surface area contributed by atoms with Gasteiger partial charge >= 0.3 is 0 Å². The number of aryl methyl sites for hydroxylation is 2. The summed E-state index contributed by atoms with van der Waals surface area (Å²) in [6.07, 6.45) is 0. The number of nitrogens with zero attached hydrogens (tertiary/aromatic N) is 1. The van der Waals surface area contributed by atoms with Crippen molar-refractivity contribution in [3.8, 4) is 5.69 Å². The van der Waals surface area contributed by atoms with Gasteiger partial charge in [-0.2, -0.15) is 0 Å². The van der Waals surface area contributed by atoms with Gasteiger partial charge in [0.05, 0.1) is 5.56 Å². The number of carbonyl (C=O) groups is 1. The monoisotopic (exact) mass is 321 g/mol. The zero-order chi connectivity index (χ0) is 15.6. The molecule has 2 rings (SSSR count). The zero-order valence-corrected chi connectivity index (χ0v) is 14.3. The minimum Gasteiger partial charge on any atom is -0.348 e. The number of rotatable bonds is 4. The Balaban J connectivity index is 0.00000242. The van der Waals surface area contributed by atoms with Gasteiger partial charge in [0.1, 0.15) is 0 Å². The van der Waals surface area contributed by atoms with Crippen molar-refractivity contribution in [3.05, 3.63) is 52.8 Å². The minimum atomic E-state index is -0.0686. The Kier molecular flexibility index (Phi) is 6.21. The molecule has 4 nitrogen and oxygen atoms in total. The van der Waals surface area contributed by atoms with E-state index < -0.39 is 0 Å². The van der Waals surface area contributed by atoms with Gasteiger partial charge in [0.15, 0.2) is 0 Å². The Hall–Kier alpha value is -1.78. The standard InChI is InChI=1S/C17H23N3O.ClH/c1-11-7-5-6-8-16(11)20-13(3)9-15(14(20)4)17(21)19-12(2)10-18;/h5-9,12H,10,18H2,1-4H3,(H,19,21);1H/t12-;/m0./s1. The molecular weight excluding hydrogens is 298 g/mol. The molecule has 0 bridgehead atoms. The van der Waals surface area contributed by atoms with Crippen molar-refractivity contribution in [2.24, 2.45) is 5.73 Å². The van der Waals surface area contributed by atoms with Crippen LogP contribution in [-0.4, -0.2) is 23.1 Å². The number of halogens is 1. The Bertz CT molecular complexity index is 664. The summed E-state index contributed by atoms with van der Waals surface area (Å²) in [4.78, 5) is 12.3. The molecule has 0 spiro atoms. The summed E-state index contributed by atoms with van der Waals surface area (Å²) in [5.74, 6) is -0.0686. The number of carbonyl (C=O) groups excluding carboxylic acids is 1. The molecule has 1 atom stereocenters. The summed E-state index contributed by atoms with van der Waals surface area (Å²) in [7, 11) is 0. The van der Waals surface area contributed by atoms with Crippen molar-refractivity contribution >= 4 is 18.3 Å². The number of amides is 1. The Morgan fingerprint density at radius 1 is 1.27 bits per heavy atom. The topological polar surface area (TPSA) is 60.0 Å². The molecule has 0 aliphatic rings. The lowest BCUT2D eigenvalue weighted by Gasteiger charge is -2.14. The maximum absolute atomic E-state index is 12.3. The second-order valence-electron chi connectivity index (χ2n) is 5.52. The Morgan fingerprint density at radius 3 is 2.50 bits per heavy atom. The van der Waals surface area contributed by atoms with Gasteiger partial charge < -0.3 is 15.6 Å². The lowest BCUT2D eigenvalue weighted by molar-refractivity contribution is 0.0940. The molecular formula is C17H24ClN3O. The average Bonchev–Trinajstić information content (AvgIpc) is 2.75. The number of nitrogens with two attached hydrogens (primary N) is 1. The number of benzene rings is 1. The lowest BCUT2D eigenvalue weighted by Crippen LogP contribution is -2.37. The highest BCUT2D eigenvalue weighted by Gasteiger charge is 2.18. The van der Waals surface area contributed by atoms with Gasteiger partial charge in [-0.05, 0) is 45.4 Å². The van der Waals surface area contributed by atoms with E-state index in [-0.39, 0.29) is 24.4 Å². The van der Waals surface area contributed by atoms with E-state index in [1.165, 1.54) is 5.56 Å². The largest absolute Gasteiger partial charge is 0.348 e. The molecule has 0 unspecified atom stereocenters. The van der Waals surface area contributed by atoms with E-state index in [4.69, 9.17) is 5.73 Å². The van der Waals surface area contributed by atoms with Crippen LogP contribution in [0.2, 0.25) is 0 Å². The predicted octanol–water partition coefficient (Wildman–Crippen LogP) is 2.90. The highest BCUT2D eigenvalue weighted by molar-refractivity contribution is 5.96. The molecule has 0 aliphatic heterocycles. The third-order valence-electron chi connectivity index (χ3n) is 3.76. The molecule has 2 aromatic rings. The molecule has 3 N–H and O–H groups in total. The van der Waals surface area contributed by atoms with Crippen molar-refractivity contribution in [2.45, 2.75) is 33.7 Å². The fraction of sp³-hybridized carbons (Fsp3) is 0.353. The summed E-state index contributed by atoms with van der Waals surface area (Å²) in [6, 6.07) is 10.1. The smallest absolute Gasteiger partial charge is 0.253 e. The fourth-order valence-corrected chi connectivity index (χ4v) is 2.54. The molecule has 0 radical (unpaired) electrons. The maximum atomic E-state index is 12.3. The SMILES string of the molecule is Cc1ccccc1-n1c(C)cc(C(=O)N[C@@H](C)CN)c1C.Cl. The van der Waals surface area contributed by atoms with E-state index in [1.807, 2.05) is 39.0 Å². The van der Waals surface area contributed by atoms with Crippen LogP contribution in [-0.2, 0) is 0 Å². The van der Waals surface area contributed by atoms with Gasteiger partial charge in [0, 0.05) is 29.7 Å². The molecule has 0 saturated carbocycles. The van der Waals surface area contributed by atoms with E-state index in [0.717, 1.165) is 17.1 Å². The molecule has 5 heteroatoms. The molecule has 0 aliphatic carbocycles. The second-order valence-corrected chi connectivity index (χ2v) is 5.52. The quantitative estimate of drug-likeness (QED) is 0.909. The van der Waals surface area contributed by atoms with Crippen molar-refractivity contribution in [1.82, 2.24) is 9.88 Å². The van der Waals surface area contributed by atoms with Crippen molar-refractivity contribution < 1.29 is 4.79 Å². The maximum Gasteiger partial charge on any atom is 0.253 e. The van der Waals surface area contributed by atoms with Crippen molar-refractivity contribution in [2.75, 3.05) is 6.54 Å². The first kappa shape index (κ1) is 18.3. The number of para-hydroxylation sites is 1. The van der Waals surface area contributed by atoms with Crippen LogP contribution in [0.5, 0.6) is 0 Å². The van der Waals surface area contributed by atoms with Crippen LogP contribution in [0.4, 0.5) is 0 Å². The van der Waals surface area contributed by atoms with Crippen LogP contribution in [0.25, 0.3) is 5.69 Å². The first-order valence-electron chi connectivity index (χ1n) is 7.21. The van der Waals surface area contributed by atoms with E-state index in [2.05, 4.69) is 28.9 Å². The predicted molar refractivity (Wildman–Crippen MR) is 93.2 cm³/mol. The van der Waals surface area contributed by atoms with Gasteiger partial charge in [0.2, 0.25) is 0 Å². The number of aromatic nitrogens is 1. The first-order valence-corrected chi connectivity index (χ1v) is 7.21. The molecule has 120 valence electrons. The summed E-state index contributed by atoms with van der Waals surface area (Å²) >= 11 is 0. The van der Waals surface area contributed by atoms with Gasteiger partial charge in [0.25, 0.3) is 5.91 Å². The number of nitrogens with one attached hydrogen (secondary N) is 1. The molecule has 1 heterocycles. The minimum absolute atomic E-state index is 0. The normalized spacial score (nSPS) is 11.7. The molecule has 1 amide bonds. The van der Waals surface area contributed by atoms with E-state index >= 15 is 0 Å². The van der Waals surface area contributed by atoms with Crippen LogP contribution in [0.3, 0.4) is 0 Å². The van der Waals surface area contributed by atoms with Crippen LogP contribution >= 0.6 is 12.4 Å². The van der Waals surface area contributed by atoms with Gasteiger partial charge in [-0.25, -0.2) is 0 Å². The third kappa shape index (κ3) is 3.51. The van der Waals surface area contributed by atoms with Crippen molar-refractivity contribution in [1.29, 1.82) is 0 Å². The zero-order valence-electron chi connectivity index (χ0n) is 13.5. The summed E-state index contributed by atoms with van der Waals surface area (Å²) in [5.41, 5.74) is 10.6. The summed E-state index contributed by atoms with van der Waals surface area (Å²) in [6.45, 7) is 8.40. The second kappa shape index (κ2) is 7.47. The molecule has 22 heavy (non-hydrogen) atoms. The van der Waals surface area contributed by atoms with Crippen molar-refractivity contribution in [3.63, 3.8) is 0 Å². The molecule has 0 fully saturated rings. The van der Waals surface area contributed by atoms with Crippen LogP contribution in [0.1, 0.15) is 34.2 Å². The van der Waals surface area contributed by atoms with Crippen LogP contribution in [0.15, 0.2) is 30.3 Å². The van der Waals surface area contributed by atoms with E-state index in [1.54, 1.807) is 0 Å². The van der Waals surface area contributed by atoms with Gasteiger partial charge in [-0.3, -0.25) is 4.79 Å². The Labute approximate surface area is 138 Å². The third-order valence-corrected chi connectivity index (χ3v) is 3.76. The summed E-state index contributed by atoms with van der Waals surface area (Å²) < 4.78 is 2.12. The highest BCUT2D eigenvalue weighted by atomic mass is 35.5. The molecule has 1 aromatic carbocycles. The summed E-state index contributed by atoms with van der Waals surface area (Å²) in [5, 5.41) is 2.92. The van der Waals surface area contributed by atoms with Crippen LogP contribution in [0, 0.1) is 20.8 Å². The average molecular weight is 322 g/mol. The van der Waals surface area contributed by atoms with Gasteiger partial charge in [-0.1, -0.05) is 18.2 Å². The molecule has 0 saturated heterocycles. The first-order chi connectivity index (χ1) is 9.95. The van der Waals surface area contributed by atoms with Gasteiger partial charge in [-0.15, -0.1) is 12.4 Å². The van der Waals surface area contributed by atoms with Crippen LogP contribution < -0.4 is 11.1 Å².